The number of rotatable bonds is 14. The smallest absolute Gasteiger partial charge is 0.219 e. The van der Waals surface area contributed by atoms with Gasteiger partial charge >= 0.3 is 0 Å². The molecule has 0 amide bonds. The lowest BCUT2D eigenvalue weighted by Crippen LogP contribution is -2.45. The molecule has 0 radical (unpaired) electrons. The van der Waals surface area contributed by atoms with Crippen LogP contribution in [0.3, 0.4) is 0 Å². The minimum atomic E-state index is -0.278. The van der Waals surface area contributed by atoms with Gasteiger partial charge < -0.3 is 19.1 Å². The zero-order valence-electron chi connectivity index (χ0n) is 29.2. The molecule has 0 unspecified atom stereocenters. The molecule has 1 aliphatic heterocycles. The lowest BCUT2D eigenvalue weighted by atomic mass is 10.1. The maximum absolute atomic E-state index is 13.9. The molecule has 268 valence electrons. The number of aryl methyl sites for hydroxylation is 1. The molecular formula is C42H40ClF2N3O4. The third kappa shape index (κ3) is 9.54. The molecule has 7 nitrogen and oxygen atoms in total. The van der Waals surface area contributed by atoms with Crippen LogP contribution in [0.1, 0.15) is 33.4 Å². The number of aromatic nitrogens is 1. The van der Waals surface area contributed by atoms with Crippen LogP contribution in [0.2, 0.25) is 5.02 Å². The third-order valence-corrected chi connectivity index (χ3v) is 9.34. The van der Waals surface area contributed by atoms with Crippen molar-refractivity contribution in [1.82, 2.24) is 14.8 Å². The number of hydrogen-bond donors (Lipinski definition) is 0. The zero-order valence-corrected chi connectivity index (χ0v) is 29.9. The number of allylic oxidation sites excluding steroid dienone is 1. The number of ether oxygens (including phenoxy) is 3. The van der Waals surface area contributed by atoms with Crippen LogP contribution < -0.4 is 14.2 Å². The van der Waals surface area contributed by atoms with Gasteiger partial charge in [-0.05, 0) is 95.8 Å². The average Bonchev–Trinajstić information content (AvgIpc) is 3.15. The first kappa shape index (κ1) is 36.5. The van der Waals surface area contributed by atoms with E-state index in [0.29, 0.717) is 40.3 Å². The van der Waals surface area contributed by atoms with Gasteiger partial charge in [0.2, 0.25) is 5.88 Å². The Labute approximate surface area is 308 Å². The summed E-state index contributed by atoms with van der Waals surface area (Å²) < 4.78 is 44.6. The summed E-state index contributed by atoms with van der Waals surface area (Å²) in [5.41, 5.74) is 6.17. The molecule has 0 saturated carbocycles. The number of carbonyl (C=O) groups is 1. The number of pyridine rings is 1. The summed E-state index contributed by atoms with van der Waals surface area (Å²) in [6.45, 7) is 8.38. The molecule has 10 heteroatoms. The molecule has 1 aliphatic rings. The monoisotopic (exact) mass is 723 g/mol. The van der Waals surface area contributed by atoms with Crippen molar-refractivity contribution in [3.63, 3.8) is 0 Å². The molecule has 6 rings (SSSR count). The van der Waals surface area contributed by atoms with Crippen molar-refractivity contribution < 1.29 is 27.8 Å². The molecule has 1 aromatic heterocycles. The highest BCUT2D eigenvalue weighted by Gasteiger charge is 2.22. The van der Waals surface area contributed by atoms with E-state index in [1.807, 2.05) is 25.1 Å². The van der Waals surface area contributed by atoms with Gasteiger partial charge in [-0.15, -0.1) is 0 Å². The normalized spacial score (nSPS) is 13.6. The van der Waals surface area contributed by atoms with Crippen molar-refractivity contribution in [3.8, 4) is 23.1 Å². The van der Waals surface area contributed by atoms with Gasteiger partial charge in [0.25, 0.3) is 0 Å². The Morgan fingerprint density at radius 3 is 2.29 bits per heavy atom. The fourth-order valence-corrected chi connectivity index (χ4v) is 6.38. The van der Waals surface area contributed by atoms with E-state index in [4.69, 9.17) is 25.8 Å². The first-order valence-corrected chi connectivity index (χ1v) is 17.5. The standard InChI is InChI=1S/C42H40ClF2N3O4/c1-29-24-34(25-38(43)42(29)52-41-15-14-37(26-46-41)51-28-33-4-3-5-39(45)30(33)2)40(16-22-49)48-20-18-47(19-21-48)27-32-8-6-31(7-9-32)17-23-50-36-12-10-35(44)11-13-36/h3-16,22,24-26H,17-21,23,27-28H2,1-2H3/b40-16+. The number of aldehydes is 1. The van der Waals surface area contributed by atoms with Crippen LogP contribution in [0.25, 0.3) is 5.70 Å². The van der Waals surface area contributed by atoms with E-state index in [9.17, 15) is 13.6 Å². The third-order valence-electron chi connectivity index (χ3n) is 9.06. The highest BCUT2D eigenvalue weighted by molar-refractivity contribution is 6.32. The van der Waals surface area contributed by atoms with Crippen LogP contribution in [-0.4, -0.2) is 53.9 Å². The Hall–Kier alpha value is -5.25. The van der Waals surface area contributed by atoms with E-state index >= 15 is 0 Å². The number of benzene rings is 4. The molecule has 4 aromatic carbocycles. The second-order valence-electron chi connectivity index (χ2n) is 12.7. The molecule has 0 aliphatic carbocycles. The summed E-state index contributed by atoms with van der Waals surface area (Å²) in [6.07, 6.45) is 4.71. The Morgan fingerprint density at radius 1 is 0.865 bits per heavy atom. The summed E-state index contributed by atoms with van der Waals surface area (Å²) in [6, 6.07) is 26.7. The SMILES string of the molecule is Cc1cc(/C(=C\C=O)N2CCN(Cc3ccc(CCOc4ccc(F)cc4)cc3)CC2)cc(Cl)c1Oc1ccc(OCc2cccc(F)c2C)cn1. The van der Waals surface area contributed by atoms with Gasteiger partial charge in [-0.25, -0.2) is 13.8 Å². The van der Waals surface area contributed by atoms with Crippen molar-refractivity contribution in [2.75, 3.05) is 32.8 Å². The Bertz CT molecular complexity index is 1970. The zero-order chi connectivity index (χ0) is 36.5. The minimum Gasteiger partial charge on any atom is -0.493 e. The van der Waals surface area contributed by atoms with E-state index in [0.717, 1.165) is 67.8 Å². The Morgan fingerprint density at radius 2 is 1.60 bits per heavy atom. The summed E-state index contributed by atoms with van der Waals surface area (Å²) in [5.74, 6) is 1.46. The maximum atomic E-state index is 13.9. The molecular weight excluding hydrogens is 684 g/mol. The van der Waals surface area contributed by atoms with Crippen LogP contribution >= 0.6 is 11.6 Å². The van der Waals surface area contributed by atoms with Gasteiger partial charge in [0.05, 0.1) is 17.8 Å². The highest BCUT2D eigenvalue weighted by Crippen LogP contribution is 2.36. The fourth-order valence-electron chi connectivity index (χ4n) is 6.08. The van der Waals surface area contributed by atoms with Crippen molar-refractivity contribution in [2.45, 2.75) is 33.4 Å². The number of hydrogen-bond acceptors (Lipinski definition) is 7. The molecule has 0 bridgehead atoms. The molecule has 5 aromatic rings. The molecule has 0 N–H and O–H groups in total. The van der Waals surface area contributed by atoms with Crippen molar-refractivity contribution >= 4 is 23.6 Å². The number of halogens is 3. The molecule has 0 atom stereocenters. The summed E-state index contributed by atoms with van der Waals surface area (Å²) in [5, 5.41) is 0.402. The van der Waals surface area contributed by atoms with Gasteiger partial charge in [-0.3, -0.25) is 9.69 Å². The van der Waals surface area contributed by atoms with Crippen LogP contribution in [0.5, 0.6) is 23.1 Å². The first-order chi connectivity index (χ1) is 25.2. The first-order valence-electron chi connectivity index (χ1n) is 17.2. The van der Waals surface area contributed by atoms with E-state index in [2.05, 4.69) is 39.0 Å². The quantitative estimate of drug-likeness (QED) is 0.0838. The molecule has 2 heterocycles. The molecule has 1 fully saturated rings. The Kier molecular flexibility index (Phi) is 12.2. The van der Waals surface area contributed by atoms with Gasteiger partial charge in [-0.2, -0.15) is 0 Å². The van der Waals surface area contributed by atoms with Crippen molar-refractivity contribution in [2.24, 2.45) is 0 Å². The summed E-state index contributed by atoms with van der Waals surface area (Å²) in [4.78, 5) is 20.7. The predicted octanol–water partition coefficient (Wildman–Crippen LogP) is 8.98. The topological polar surface area (TPSA) is 64.1 Å². The van der Waals surface area contributed by atoms with E-state index in [-0.39, 0.29) is 18.2 Å². The second-order valence-corrected chi connectivity index (χ2v) is 13.1. The number of carbonyl (C=O) groups excluding carboxylic acids is 1. The van der Waals surface area contributed by atoms with Crippen LogP contribution in [0, 0.1) is 25.5 Å². The lowest BCUT2D eigenvalue weighted by Gasteiger charge is -2.37. The largest absolute Gasteiger partial charge is 0.493 e. The van der Waals surface area contributed by atoms with E-state index < -0.39 is 0 Å². The van der Waals surface area contributed by atoms with Gasteiger partial charge in [0.15, 0.2) is 5.75 Å². The van der Waals surface area contributed by atoms with Gasteiger partial charge in [-0.1, -0.05) is 48.0 Å². The fraction of sp³-hybridized carbons (Fsp3) is 0.238. The van der Waals surface area contributed by atoms with Crippen LogP contribution in [-0.2, 0) is 24.4 Å². The van der Waals surface area contributed by atoms with Gasteiger partial charge in [0, 0.05) is 57.0 Å². The van der Waals surface area contributed by atoms with Crippen molar-refractivity contribution in [1.29, 1.82) is 0 Å². The van der Waals surface area contributed by atoms with Crippen LogP contribution in [0.4, 0.5) is 8.78 Å². The maximum Gasteiger partial charge on any atom is 0.219 e. The highest BCUT2D eigenvalue weighted by atomic mass is 35.5. The van der Waals surface area contributed by atoms with Crippen molar-refractivity contribution in [3.05, 3.63) is 153 Å². The van der Waals surface area contributed by atoms with E-state index in [1.165, 1.54) is 29.3 Å². The minimum absolute atomic E-state index is 0.219. The predicted molar refractivity (Wildman–Crippen MR) is 199 cm³/mol. The lowest BCUT2D eigenvalue weighted by molar-refractivity contribution is -0.104. The van der Waals surface area contributed by atoms with Crippen LogP contribution in [0.15, 0.2) is 103 Å². The Balaban J connectivity index is 1.01. The average molecular weight is 724 g/mol. The van der Waals surface area contributed by atoms with E-state index in [1.54, 1.807) is 49.5 Å². The number of piperazine rings is 1. The molecule has 52 heavy (non-hydrogen) atoms. The molecule has 0 spiro atoms. The summed E-state index contributed by atoms with van der Waals surface area (Å²) >= 11 is 6.76. The summed E-state index contributed by atoms with van der Waals surface area (Å²) in [7, 11) is 0. The molecule has 1 saturated heterocycles. The number of nitrogens with zero attached hydrogens (tertiary/aromatic N) is 3. The van der Waals surface area contributed by atoms with Gasteiger partial charge in [0.1, 0.15) is 36.0 Å². The second kappa shape index (κ2) is 17.3.